The topological polar surface area (TPSA) is 67.8 Å². The zero-order chi connectivity index (χ0) is 16.2. The Bertz CT molecular complexity index is 483. The Morgan fingerprint density at radius 3 is 2.59 bits per heavy atom. The fraction of sp³-hybridized carbons (Fsp3) is 0.588. The van der Waals surface area contributed by atoms with Crippen LogP contribution in [0.2, 0.25) is 0 Å². The molecule has 1 aliphatic carbocycles. The van der Waals surface area contributed by atoms with Crippen LogP contribution in [0.25, 0.3) is 0 Å². The molecule has 1 aliphatic rings. The van der Waals surface area contributed by atoms with Gasteiger partial charge in [0.15, 0.2) is 0 Å². The molecule has 0 aromatic heterocycles. The van der Waals surface area contributed by atoms with Crippen molar-refractivity contribution in [2.24, 2.45) is 0 Å². The summed E-state index contributed by atoms with van der Waals surface area (Å²) in [6, 6.07) is 9.58. The van der Waals surface area contributed by atoms with Crippen LogP contribution in [0.5, 0.6) is 0 Å². The highest BCUT2D eigenvalue weighted by Crippen LogP contribution is 2.24. The van der Waals surface area contributed by atoms with Gasteiger partial charge in [-0.3, -0.25) is 0 Å². The molecule has 0 bridgehead atoms. The Labute approximate surface area is 131 Å². The molecule has 0 heterocycles. The zero-order valence-corrected chi connectivity index (χ0v) is 13.4. The van der Waals surface area contributed by atoms with Crippen molar-refractivity contribution in [1.82, 2.24) is 5.32 Å². The number of aliphatic hydroxyl groups excluding tert-OH is 1. The van der Waals surface area contributed by atoms with Crippen molar-refractivity contribution in [3.8, 4) is 0 Å². The third-order valence-electron chi connectivity index (χ3n) is 3.52. The second-order valence-corrected chi connectivity index (χ2v) is 6.71. The van der Waals surface area contributed by atoms with Crippen molar-refractivity contribution in [2.75, 3.05) is 0 Å². The Balaban J connectivity index is 1.78. The lowest BCUT2D eigenvalue weighted by Crippen LogP contribution is -2.42. The lowest BCUT2D eigenvalue weighted by molar-refractivity contribution is 0.0357. The Hall–Kier alpha value is -1.59. The quantitative estimate of drug-likeness (QED) is 0.897. The number of hydrogen-bond donors (Lipinski definition) is 2. The summed E-state index contributed by atoms with van der Waals surface area (Å²) in [4.78, 5) is 11.8. The van der Waals surface area contributed by atoms with Crippen LogP contribution in [0.3, 0.4) is 0 Å². The van der Waals surface area contributed by atoms with Gasteiger partial charge in [0, 0.05) is 6.42 Å². The van der Waals surface area contributed by atoms with Gasteiger partial charge in [0.05, 0.1) is 24.9 Å². The molecule has 2 rings (SSSR count). The standard InChI is InChI=1S/C17H25NO4/c1-17(2,3)22-16(20)18-14-9-13(10-15(14)19)21-11-12-7-5-4-6-8-12/h4-8,13-15,19H,9-11H2,1-3H3,(H,18,20)/t13-,14+,15-/m1/s1. The van der Waals surface area contributed by atoms with E-state index in [1.54, 1.807) is 0 Å². The number of carbonyl (C=O) groups excluding carboxylic acids is 1. The van der Waals surface area contributed by atoms with Crippen LogP contribution in [-0.2, 0) is 16.1 Å². The minimum Gasteiger partial charge on any atom is -0.444 e. The van der Waals surface area contributed by atoms with E-state index in [4.69, 9.17) is 9.47 Å². The molecule has 1 saturated carbocycles. The minimum absolute atomic E-state index is 0.0601. The fourth-order valence-electron chi connectivity index (χ4n) is 2.51. The molecule has 5 heteroatoms. The van der Waals surface area contributed by atoms with E-state index in [0.717, 1.165) is 5.56 Å². The monoisotopic (exact) mass is 307 g/mol. The van der Waals surface area contributed by atoms with Crippen molar-refractivity contribution in [2.45, 2.75) is 64.1 Å². The van der Waals surface area contributed by atoms with Crippen LogP contribution >= 0.6 is 0 Å². The highest BCUT2D eigenvalue weighted by Gasteiger charge is 2.35. The number of amides is 1. The van der Waals surface area contributed by atoms with E-state index in [0.29, 0.717) is 19.4 Å². The Morgan fingerprint density at radius 2 is 1.95 bits per heavy atom. The summed E-state index contributed by atoms with van der Waals surface area (Å²) in [5.74, 6) is 0. The molecule has 1 aromatic carbocycles. The molecule has 5 nitrogen and oxygen atoms in total. The first-order valence-corrected chi connectivity index (χ1v) is 7.66. The molecule has 122 valence electrons. The summed E-state index contributed by atoms with van der Waals surface area (Å²) in [5, 5.41) is 12.8. The third kappa shape index (κ3) is 5.31. The number of carbonyl (C=O) groups is 1. The maximum absolute atomic E-state index is 11.8. The van der Waals surface area contributed by atoms with E-state index in [-0.39, 0.29) is 12.1 Å². The molecule has 0 spiro atoms. The highest BCUT2D eigenvalue weighted by molar-refractivity contribution is 5.68. The summed E-state index contributed by atoms with van der Waals surface area (Å²) >= 11 is 0. The van der Waals surface area contributed by atoms with E-state index in [2.05, 4.69) is 5.32 Å². The summed E-state index contributed by atoms with van der Waals surface area (Å²) in [5.41, 5.74) is 0.553. The predicted octanol–water partition coefficient (Wildman–Crippen LogP) is 2.62. The van der Waals surface area contributed by atoms with Gasteiger partial charge < -0.3 is 19.9 Å². The molecule has 0 saturated heterocycles. The highest BCUT2D eigenvalue weighted by atomic mass is 16.6. The lowest BCUT2D eigenvalue weighted by atomic mass is 10.2. The zero-order valence-electron chi connectivity index (χ0n) is 13.4. The number of rotatable bonds is 4. The first kappa shape index (κ1) is 16.8. The molecule has 22 heavy (non-hydrogen) atoms. The first-order chi connectivity index (χ1) is 10.3. The second-order valence-electron chi connectivity index (χ2n) is 6.71. The molecule has 3 atom stereocenters. The number of nitrogens with one attached hydrogen (secondary N) is 1. The number of benzene rings is 1. The molecule has 2 N–H and O–H groups in total. The Kier molecular flexibility index (Phi) is 5.42. The van der Waals surface area contributed by atoms with Crippen molar-refractivity contribution in [3.05, 3.63) is 35.9 Å². The normalized spacial score (nSPS) is 25.0. The van der Waals surface area contributed by atoms with Crippen LogP contribution in [-0.4, -0.2) is 35.1 Å². The number of aliphatic hydroxyl groups is 1. The van der Waals surface area contributed by atoms with Gasteiger partial charge in [0.1, 0.15) is 5.60 Å². The molecule has 0 aliphatic heterocycles. The van der Waals surface area contributed by atoms with Gasteiger partial charge in [-0.15, -0.1) is 0 Å². The maximum Gasteiger partial charge on any atom is 0.407 e. The van der Waals surface area contributed by atoms with E-state index in [1.807, 2.05) is 51.1 Å². The van der Waals surface area contributed by atoms with Gasteiger partial charge in [-0.05, 0) is 32.8 Å². The molecule has 1 amide bonds. The minimum atomic E-state index is -0.603. The average Bonchev–Trinajstić information content (AvgIpc) is 2.76. The van der Waals surface area contributed by atoms with Crippen LogP contribution in [0, 0.1) is 0 Å². The summed E-state index contributed by atoms with van der Waals surface area (Å²) < 4.78 is 11.0. The molecular weight excluding hydrogens is 282 g/mol. The van der Waals surface area contributed by atoms with Gasteiger partial charge in [-0.2, -0.15) is 0 Å². The maximum atomic E-state index is 11.8. The number of alkyl carbamates (subject to hydrolysis) is 1. The smallest absolute Gasteiger partial charge is 0.407 e. The van der Waals surface area contributed by atoms with Gasteiger partial charge >= 0.3 is 6.09 Å². The predicted molar refractivity (Wildman–Crippen MR) is 83.4 cm³/mol. The van der Waals surface area contributed by atoms with Gasteiger partial charge in [-0.1, -0.05) is 30.3 Å². The SMILES string of the molecule is CC(C)(C)OC(=O)N[C@H]1C[C@@H](OCc2ccccc2)C[C@H]1O. The van der Waals surface area contributed by atoms with E-state index in [1.165, 1.54) is 0 Å². The van der Waals surface area contributed by atoms with Crippen molar-refractivity contribution < 1.29 is 19.4 Å². The van der Waals surface area contributed by atoms with Gasteiger partial charge in [0.25, 0.3) is 0 Å². The van der Waals surface area contributed by atoms with Crippen molar-refractivity contribution in [1.29, 1.82) is 0 Å². The van der Waals surface area contributed by atoms with Gasteiger partial charge in [0.2, 0.25) is 0 Å². The van der Waals surface area contributed by atoms with Crippen LogP contribution < -0.4 is 5.32 Å². The largest absolute Gasteiger partial charge is 0.444 e. The van der Waals surface area contributed by atoms with Gasteiger partial charge in [-0.25, -0.2) is 4.79 Å². The third-order valence-corrected chi connectivity index (χ3v) is 3.52. The summed E-state index contributed by atoms with van der Waals surface area (Å²) in [6.45, 7) is 5.94. The molecule has 1 fully saturated rings. The number of hydrogen-bond acceptors (Lipinski definition) is 4. The molecule has 0 radical (unpaired) electrons. The second kappa shape index (κ2) is 7.11. The molecule has 0 unspecified atom stereocenters. The first-order valence-electron chi connectivity index (χ1n) is 7.66. The Morgan fingerprint density at radius 1 is 1.27 bits per heavy atom. The molecule has 1 aromatic rings. The lowest BCUT2D eigenvalue weighted by Gasteiger charge is -2.22. The van der Waals surface area contributed by atoms with Crippen molar-refractivity contribution in [3.63, 3.8) is 0 Å². The number of ether oxygens (including phenoxy) is 2. The molecular formula is C17H25NO4. The van der Waals surface area contributed by atoms with Crippen LogP contribution in [0.1, 0.15) is 39.2 Å². The summed E-state index contributed by atoms with van der Waals surface area (Å²) in [7, 11) is 0. The van der Waals surface area contributed by atoms with E-state index >= 15 is 0 Å². The van der Waals surface area contributed by atoms with Crippen molar-refractivity contribution >= 4 is 6.09 Å². The van der Waals surface area contributed by atoms with Crippen LogP contribution in [0.4, 0.5) is 4.79 Å². The van der Waals surface area contributed by atoms with E-state index in [9.17, 15) is 9.90 Å². The van der Waals surface area contributed by atoms with Crippen LogP contribution in [0.15, 0.2) is 30.3 Å². The summed E-state index contributed by atoms with van der Waals surface area (Å²) in [6.07, 6.45) is -0.0516. The average molecular weight is 307 g/mol. The van der Waals surface area contributed by atoms with E-state index < -0.39 is 17.8 Å². The fourth-order valence-corrected chi connectivity index (χ4v) is 2.51.